The van der Waals surface area contributed by atoms with Crippen LogP contribution in [0.5, 0.6) is 5.75 Å². The maximum atomic E-state index is 13.4. The minimum Gasteiger partial charge on any atom is -0.497 e. The first-order valence-corrected chi connectivity index (χ1v) is 13.6. The average Bonchev–Trinajstić information content (AvgIpc) is 3.00. The van der Waals surface area contributed by atoms with Crippen LogP contribution in [-0.2, 0) is 4.79 Å². The summed E-state index contributed by atoms with van der Waals surface area (Å²) in [6.45, 7) is 0. The summed E-state index contributed by atoms with van der Waals surface area (Å²) in [5.41, 5.74) is 4.57. The molecule has 0 aliphatic carbocycles. The second-order valence-corrected chi connectivity index (χ2v) is 10.0. The number of thioether (sulfide) groups is 1. The first kappa shape index (κ1) is 25.3. The van der Waals surface area contributed by atoms with Crippen molar-refractivity contribution in [2.24, 2.45) is 5.10 Å². The number of ether oxygens (including phenoxy) is 1. The Morgan fingerprint density at radius 3 is 2.20 bits per heavy atom. The average molecular weight is 545 g/mol. The lowest BCUT2D eigenvalue weighted by molar-refractivity contribution is -0.118. The zero-order valence-corrected chi connectivity index (χ0v) is 22.4. The first-order valence-electron chi connectivity index (χ1n) is 12.6. The van der Waals surface area contributed by atoms with Gasteiger partial charge in [-0.15, -0.1) is 0 Å². The maximum absolute atomic E-state index is 13.4. The van der Waals surface area contributed by atoms with E-state index in [0.29, 0.717) is 27.5 Å². The molecular formula is C32H24N4O3S. The van der Waals surface area contributed by atoms with Gasteiger partial charge in [0.1, 0.15) is 5.75 Å². The Balaban J connectivity index is 1.26. The van der Waals surface area contributed by atoms with Crippen LogP contribution in [0.1, 0.15) is 5.56 Å². The second-order valence-electron chi connectivity index (χ2n) is 9.06. The van der Waals surface area contributed by atoms with Gasteiger partial charge >= 0.3 is 0 Å². The number of nitrogens with zero attached hydrogens (tertiary/aromatic N) is 3. The van der Waals surface area contributed by atoms with E-state index in [9.17, 15) is 9.59 Å². The lowest BCUT2D eigenvalue weighted by Gasteiger charge is -2.13. The smallest absolute Gasteiger partial charge is 0.266 e. The van der Waals surface area contributed by atoms with Crippen LogP contribution in [0.15, 0.2) is 118 Å². The quantitative estimate of drug-likeness (QED) is 0.0884. The molecule has 1 amide bonds. The second kappa shape index (κ2) is 11.0. The van der Waals surface area contributed by atoms with Crippen molar-refractivity contribution in [1.29, 1.82) is 0 Å². The molecule has 7 nitrogen and oxygen atoms in total. The summed E-state index contributed by atoms with van der Waals surface area (Å²) in [7, 11) is 1.59. The zero-order chi connectivity index (χ0) is 27.5. The van der Waals surface area contributed by atoms with Crippen molar-refractivity contribution in [3.8, 4) is 11.4 Å². The van der Waals surface area contributed by atoms with Crippen molar-refractivity contribution in [1.82, 2.24) is 15.0 Å². The lowest BCUT2D eigenvalue weighted by atomic mass is 9.97. The lowest BCUT2D eigenvalue weighted by Crippen LogP contribution is -2.24. The van der Waals surface area contributed by atoms with Crippen LogP contribution in [0.4, 0.5) is 0 Å². The minimum absolute atomic E-state index is 0.0224. The Hall–Kier alpha value is -4.95. The van der Waals surface area contributed by atoms with Crippen molar-refractivity contribution < 1.29 is 9.53 Å². The van der Waals surface area contributed by atoms with Gasteiger partial charge in [-0.3, -0.25) is 14.2 Å². The van der Waals surface area contributed by atoms with Gasteiger partial charge in [-0.05, 0) is 64.0 Å². The highest BCUT2D eigenvalue weighted by atomic mass is 32.2. The number of nitrogens with one attached hydrogen (secondary N) is 1. The molecule has 0 fully saturated rings. The molecule has 1 N–H and O–H groups in total. The molecule has 0 saturated carbocycles. The molecule has 196 valence electrons. The number of para-hydroxylation sites is 1. The van der Waals surface area contributed by atoms with E-state index >= 15 is 0 Å². The van der Waals surface area contributed by atoms with Crippen LogP contribution >= 0.6 is 11.8 Å². The molecule has 1 heterocycles. The molecule has 6 rings (SSSR count). The highest BCUT2D eigenvalue weighted by molar-refractivity contribution is 7.99. The van der Waals surface area contributed by atoms with Gasteiger partial charge in [-0.1, -0.05) is 72.4 Å². The van der Waals surface area contributed by atoms with Crippen molar-refractivity contribution >= 4 is 56.3 Å². The number of fused-ring (bicyclic) bond motifs is 3. The summed E-state index contributed by atoms with van der Waals surface area (Å²) in [6.07, 6.45) is 1.69. The van der Waals surface area contributed by atoms with Crippen molar-refractivity contribution in [2.75, 3.05) is 12.9 Å². The molecule has 0 aliphatic rings. The number of aromatic nitrogens is 2. The summed E-state index contributed by atoms with van der Waals surface area (Å²) in [6, 6.07) is 32.7. The maximum Gasteiger partial charge on any atom is 0.266 e. The van der Waals surface area contributed by atoms with Crippen LogP contribution in [0, 0.1) is 0 Å². The van der Waals surface area contributed by atoms with Gasteiger partial charge in [0, 0.05) is 5.56 Å². The Morgan fingerprint density at radius 2 is 1.52 bits per heavy atom. The summed E-state index contributed by atoms with van der Waals surface area (Å²) < 4.78 is 6.78. The molecule has 1 aromatic heterocycles. The molecule has 40 heavy (non-hydrogen) atoms. The van der Waals surface area contributed by atoms with Crippen LogP contribution in [0.2, 0.25) is 0 Å². The molecule has 8 heteroatoms. The predicted molar refractivity (Wildman–Crippen MR) is 162 cm³/mol. The van der Waals surface area contributed by atoms with Crippen LogP contribution in [-0.4, -0.2) is 34.5 Å². The van der Waals surface area contributed by atoms with Crippen molar-refractivity contribution in [3.63, 3.8) is 0 Å². The van der Waals surface area contributed by atoms with E-state index in [-0.39, 0.29) is 17.2 Å². The van der Waals surface area contributed by atoms with Gasteiger partial charge < -0.3 is 4.74 Å². The largest absolute Gasteiger partial charge is 0.497 e. The van der Waals surface area contributed by atoms with Gasteiger partial charge in [0.15, 0.2) is 5.16 Å². The Bertz CT molecular complexity index is 1910. The summed E-state index contributed by atoms with van der Waals surface area (Å²) in [5, 5.41) is 9.50. The molecule has 0 unspecified atom stereocenters. The fourth-order valence-corrected chi connectivity index (χ4v) is 5.49. The molecule has 0 atom stereocenters. The Labute approximate surface area is 234 Å². The van der Waals surface area contributed by atoms with E-state index in [1.165, 1.54) is 16.3 Å². The van der Waals surface area contributed by atoms with Gasteiger partial charge in [-0.2, -0.15) is 5.10 Å². The number of carbonyl (C=O) groups excluding carboxylic acids is 1. The van der Waals surface area contributed by atoms with E-state index in [0.717, 1.165) is 27.1 Å². The van der Waals surface area contributed by atoms with Gasteiger partial charge in [0.2, 0.25) is 0 Å². The third-order valence-corrected chi connectivity index (χ3v) is 7.54. The zero-order valence-electron chi connectivity index (χ0n) is 21.6. The highest BCUT2D eigenvalue weighted by Crippen LogP contribution is 2.27. The number of hydrogen-bond donors (Lipinski definition) is 1. The van der Waals surface area contributed by atoms with Crippen LogP contribution in [0.3, 0.4) is 0 Å². The fraction of sp³-hybridized carbons (Fsp3) is 0.0625. The molecular weight excluding hydrogens is 520 g/mol. The third kappa shape index (κ3) is 4.92. The number of hydrazone groups is 1. The van der Waals surface area contributed by atoms with Gasteiger partial charge in [-0.25, -0.2) is 10.4 Å². The van der Waals surface area contributed by atoms with E-state index < -0.39 is 0 Å². The fourth-order valence-electron chi connectivity index (χ4n) is 4.69. The number of hydrogen-bond acceptors (Lipinski definition) is 6. The summed E-state index contributed by atoms with van der Waals surface area (Å²) in [5.74, 6) is 0.389. The monoisotopic (exact) mass is 544 g/mol. The SMILES string of the molecule is COc1ccc(-n2c(SCC(=O)N/N=C\c3c4ccccc4cc4ccccc34)nc3ccccc3c2=O)cc1. The summed E-state index contributed by atoms with van der Waals surface area (Å²) in [4.78, 5) is 31.0. The van der Waals surface area contributed by atoms with Crippen molar-refractivity contribution in [3.05, 3.63) is 119 Å². The van der Waals surface area contributed by atoms with E-state index in [1.54, 1.807) is 55.8 Å². The minimum atomic E-state index is -0.311. The summed E-state index contributed by atoms with van der Waals surface area (Å²) >= 11 is 1.17. The highest BCUT2D eigenvalue weighted by Gasteiger charge is 2.15. The van der Waals surface area contributed by atoms with Crippen molar-refractivity contribution in [2.45, 2.75) is 5.16 Å². The number of amides is 1. The molecule has 0 aliphatic heterocycles. The van der Waals surface area contributed by atoms with Gasteiger partial charge in [0.05, 0.1) is 35.7 Å². The third-order valence-electron chi connectivity index (χ3n) is 6.60. The van der Waals surface area contributed by atoms with E-state index in [4.69, 9.17) is 9.72 Å². The van der Waals surface area contributed by atoms with Crippen LogP contribution < -0.4 is 15.7 Å². The van der Waals surface area contributed by atoms with Crippen LogP contribution in [0.25, 0.3) is 38.1 Å². The predicted octanol–water partition coefficient (Wildman–Crippen LogP) is 5.94. The molecule has 0 bridgehead atoms. The van der Waals surface area contributed by atoms with E-state index in [2.05, 4.69) is 28.7 Å². The molecule has 0 saturated heterocycles. The van der Waals surface area contributed by atoms with Gasteiger partial charge in [0.25, 0.3) is 11.5 Å². The number of benzene rings is 5. The first-order chi connectivity index (χ1) is 19.6. The number of methoxy groups -OCH3 is 1. The molecule has 0 spiro atoms. The van der Waals surface area contributed by atoms with E-state index in [1.807, 2.05) is 42.5 Å². The number of rotatable bonds is 7. The standard InChI is InChI=1S/C32H24N4O3S/c1-39-24-16-14-23(15-17-24)36-31(38)27-12-6-7-13-29(27)34-32(36)40-20-30(37)35-33-19-28-25-10-4-2-8-21(25)18-22-9-3-5-11-26(22)28/h2-19H,20H2,1H3,(H,35,37)/b33-19-. The number of carbonyl (C=O) groups is 1. The molecule has 5 aromatic carbocycles. The Kier molecular flexibility index (Phi) is 6.99. The Morgan fingerprint density at radius 1 is 0.900 bits per heavy atom. The molecule has 6 aromatic rings. The topological polar surface area (TPSA) is 85.6 Å². The molecule has 0 radical (unpaired) electrons. The normalized spacial score (nSPS) is 11.4.